The largest absolute Gasteiger partial charge is 0.436 e. The lowest BCUT2D eigenvalue weighted by atomic mass is 10.00. The zero-order chi connectivity index (χ0) is 16.4. The van der Waals surface area contributed by atoms with Crippen molar-refractivity contribution in [2.75, 3.05) is 0 Å². The van der Waals surface area contributed by atoms with Crippen molar-refractivity contribution in [2.45, 2.75) is 38.6 Å². The number of benzene rings is 3. The Hall–Kier alpha value is -2.39. The SMILES string of the molecule is O=C1CCCCC(OCc2cccc3cc4ccccc4cc23)O1. The molecule has 24 heavy (non-hydrogen) atoms. The van der Waals surface area contributed by atoms with Crippen LogP contribution in [0.5, 0.6) is 0 Å². The van der Waals surface area contributed by atoms with E-state index in [0.717, 1.165) is 24.8 Å². The smallest absolute Gasteiger partial charge is 0.308 e. The summed E-state index contributed by atoms with van der Waals surface area (Å²) >= 11 is 0. The molecule has 3 aromatic carbocycles. The third-order valence-electron chi connectivity index (χ3n) is 4.60. The normalized spacial score (nSPS) is 18.5. The number of cyclic esters (lactones) is 1. The average Bonchev–Trinajstić information content (AvgIpc) is 2.82. The second kappa shape index (κ2) is 6.62. The Morgan fingerprint density at radius 3 is 2.62 bits per heavy atom. The van der Waals surface area contributed by atoms with Crippen LogP contribution in [-0.4, -0.2) is 12.3 Å². The third kappa shape index (κ3) is 3.13. The summed E-state index contributed by atoms with van der Waals surface area (Å²) in [4.78, 5) is 11.6. The Labute approximate surface area is 141 Å². The third-order valence-corrected chi connectivity index (χ3v) is 4.60. The second-order valence-electron chi connectivity index (χ2n) is 6.31. The van der Waals surface area contributed by atoms with Gasteiger partial charge in [0, 0.05) is 12.8 Å². The maximum absolute atomic E-state index is 11.6. The first-order chi connectivity index (χ1) is 11.8. The van der Waals surface area contributed by atoms with Crippen LogP contribution in [0.25, 0.3) is 21.5 Å². The molecule has 1 saturated heterocycles. The molecule has 0 N–H and O–H groups in total. The molecule has 1 aliphatic rings. The van der Waals surface area contributed by atoms with Gasteiger partial charge >= 0.3 is 5.97 Å². The summed E-state index contributed by atoms with van der Waals surface area (Å²) in [6.45, 7) is 0.452. The van der Waals surface area contributed by atoms with Crippen molar-refractivity contribution >= 4 is 27.5 Å². The molecule has 0 aromatic heterocycles. The Morgan fingerprint density at radius 1 is 0.958 bits per heavy atom. The summed E-state index contributed by atoms with van der Waals surface area (Å²) in [7, 11) is 0. The molecule has 4 rings (SSSR count). The van der Waals surface area contributed by atoms with E-state index < -0.39 is 6.29 Å². The Balaban J connectivity index is 1.61. The van der Waals surface area contributed by atoms with Gasteiger partial charge in [-0.15, -0.1) is 0 Å². The van der Waals surface area contributed by atoms with Gasteiger partial charge in [0.1, 0.15) is 0 Å². The van der Waals surface area contributed by atoms with Gasteiger partial charge in [0.2, 0.25) is 6.29 Å². The number of hydrogen-bond acceptors (Lipinski definition) is 3. The van der Waals surface area contributed by atoms with Crippen molar-refractivity contribution in [3.05, 3.63) is 60.2 Å². The minimum atomic E-state index is -0.421. The van der Waals surface area contributed by atoms with Crippen LogP contribution in [0.4, 0.5) is 0 Å². The lowest BCUT2D eigenvalue weighted by Crippen LogP contribution is -2.18. The minimum absolute atomic E-state index is 0.151. The summed E-state index contributed by atoms with van der Waals surface area (Å²) in [5.41, 5.74) is 1.12. The van der Waals surface area contributed by atoms with Gasteiger partial charge in [-0.25, -0.2) is 0 Å². The Bertz CT molecular complexity index is 885. The van der Waals surface area contributed by atoms with Gasteiger partial charge in [0.25, 0.3) is 0 Å². The molecule has 1 aliphatic heterocycles. The first kappa shape index (κ1) is 15.2. The fourth-order valence-electron chi connectivity index (χ4n) is 3.30. The molecule has 1 heterocycles. The fourth-order valence-corrected chi connectivity index (χ4v) is 3.30. The topological polar surface area (TPSA) is 35.5 Å². The molecule has 3 heteroatoms. The molecular formula is C21H20O3. The minimum Gasteiger partial charge on any atom is -0.436 e. The predicted molar refractivity (Wildman–Crippen MR) is 94.6 cm³/mol. The number of ether oxygens (including phenoxy) is 2. The Kier molecular flexibility index (Phi) is 4.18. The van der Waals surface area contributed by atoms with E-state index in [9.17, 15) is 4.79 Å². The van der Waals surface area contributed by atoms with E-state index in [-0.39, 0.29) is 5.97 Å². The van der Waals surface area contributed by atoms with Crippen LogP contribution in [0.2, 0.25) is 0 Å². The molecule has 3 nitrogen and oxygen atoms in total. The monoisotopic (exact) mass is 320 g/mol. The van der Waals surface area contributed by atoms with E-state index in [1.807, 2.05) is 0 Å². The molecule has 122 valence electrons. The molecule has 0 amide bonds. The van der Waals surface area contributed by atoms with E-state index in [2.05, 4.69) is 54.6 Å². The molecule has 3 aromatic rings. The summed E-state index contributed by atoms with van der Waals surface area (Å²) in [5.74, 6) is -0.151. The highest BCUT2D eigenvalue weighted by Gasteiger charge is 2.19. The van der Waals surface area contributed by atoms with Crippen molar-refractivity contribution in [2.24, 2.45) is 0 Å². The van der Waals surface area contributed by atoms with Crippen molar-refractivity contribution in [1.29, 1.82) is 0 Å². The van der Waals surface area contributed by atoms with Gasteiger partial charge in [-0.1, -0.05) is 42.5 Å². The first-order valence-corrected chi connectivity index (χ1v) is 8.51. The number of hydrogen-bond donors (Lipinski definition) is 0. The number of carbonyl (C=O) groups is 1. The maximum Gasteiger partial charge on any atom is 0.308 e. The van der Waals surface area contributed by atoms with Crippen LogP contribution in [0.1, 0.15) is 31.2 Å². The van der Waals surface area contributed by atoms with Crippen molar-refractivity contribution < 1.29 is 14.3 Å². The summed E-state index contributed by atoms with van der Waals surface area (Å²) < 4.78 is 11.3. The molecule has 0 bridgehead atoms. The zero-order valence-electron chi connectivity index (χ0n) is 13.5. The van der Waals surface area contributed by atoms with Gasteiger partial charge in [0.05, 0.1) is 6.61 Å². The van der Waals surface area contributed by atoms with Gasteiger partial charge in [0.15, 0.2) is 0 Å². The number of fused-ring (bicyclic) bond motifs is 2. The van der Waals surface area contributed by atoms with E-state index in [0.29, 0.717) is 13.0 Å². The average molecular weight is 320 g/mol. The molecule has 0 spiro atoms. The van der Waals surface area contributed by atoms with Gasteiger partial charge in [-0.2, -0.15) is 0 Å². The second-order valence-corrected chi connectivity index (χ2v) is 6.31. The first-order valence-electron chi connectivity index (χ1n) is 8.51. The number of carbonyl (C=O) groups excluding carboxylic acids is 1. The zero-order valence-corrected chi connectivity index (χ0v) is 13.5. The lowest BCUT2D eigenvalue weighted by molar-refractivity contribution is -0.179. The van der Waals surface area contributed by atoms with Crippen molar-refractivity contribution in [3.63, 3.8) is 0 Å². The van der Waals surface area contributed by atoms with E-state index >= 15 is 0 Å². The molecule has 1 unspecified atom stereocenters. The number of rotatable bonds is 3. The molecular weight excluding hydrogens is 300 g/mol. The highest BCUT2D eigenvalue weighted by atomic mass is 16.7. The highest BCUT2D eigenvalue weighted by Crippen LogP contribution is 2.26. The van der Waals surface area contributed by atoms with Gasteiger partial charge in [-0.05, 0) is 52.1 Å². The van der Waals surface area contributed by atoms with E-state index in [1.165, 1.54) is 21.5 Å². The van der Waals surface area contributed by atoms with Crippen LogP contribution in [-0.2, 0) is 20.9 Å². The molecule has 0 aliphatic carbocycles. The summed E-state index contributed by atoms with van der Waals surface area (Å²) in [5, 5.41) is 4.85. The summed E-state index contributed by atoms with van der Waals surface area (Å²) in [6, 6.07) is 19.0. The maximum atomic E-state index is 11.6. The Morgan fingerprint density at radius 2 is 1.75 bits per heavy atom. The van der Waals surface area contributed by atoms with Crippen LogP contribution >= 0.6 is 0 Å². The summed E-state index contributed by atoms with van der Waals surface area (Å²) in [6.07, 6.45) is 2.71. The van der Waals surface area contributed by atoms with Gasteiger partial charge in [-0.3, -0.25) is 4.79 Å². The molecule has 0 saturated carbocycles. The van der Waals surface area contributed by atoms with Crippen LogP contribution < -0.4 is 0 Å². The molecule has 1 atom stereocenters. The van der Waals surface area contributed by atoms with Crippen LogP contribution in [0.15, 0.2) is 54.6 Å². The molecule has 0 radical (unpaired) electrons. The lowest BCUT2D eigenvalue weighted by Gasteiger charge is -2.16. The van der Waals surface area contributed by atoms with Crippen molar-refractivity contribution in [3.8, 4) is 0 Å². The van der Waals surface area contributed by atoms with E-state index in [1.54, 1.807) is 0 Å². The highest BCUT2D eigenvalue weighted by molar-refractivity contribution is 5.99. The van der Waals surface area contributed by atoms with Crippen LogP contribution in [0.3, 0.4) is 0 Å². The number of esters is 1. The van der Waals surface area contributed by atoms with E-state index in [4.69, 9.17) is 9.47 Å². The quantitative estimate of drug-likeness (QED) is 0.506. The van der Waals surface area contributed by atoms with Gasteiger partial charge < -0.3 is 9.47 Å². The standard InChI is InChI=1S/C21H20O3/c22-20-10-3-4-11-21(24-20)23-14-18-9-5-8-17-12-15-6-1-2-7-16(15)13-19(17)18/h1-2,5-9,12-13,21H,3-4,10-11,14H2. The van der Waals surface area contributed by atoms with Crippen molar-refractivity contribution in [1.82, 2.24) is 0 Å². The molecule has 1 fully saturated rings. The predicted octanol–water partition coefficient (Wildman–Crippen LogP) is 4.95. The van der Waals surface area contributed by atoms with Crippen LogP contribution in [0, 0.1) is 0 Å². The fraction of sp³-hybridized carbons (Fsp3) is 0.286.